The highest BCUT2D eigenvalue weighted by atomic mass is 79.9. The van der Waals surface area contributed by atoms with E-state index in [9.17, 15) is 9.18 Å². The zero-order valence-corrected chi connectivity index (χ0v) is 18.6. The van der Waals surface area contributed by atoms with Crippen LogP contribution in [-0.2, 0) is 11.3 Å². The molecule has 0 radical (unpaired) electrons. The Morgan fingerprint density at radius 3 is 2.54 bits per heavy atom. The molecular formula is C21H26BrFN2O2S. The summed E-state index contributed by atoms with van der Waals surface area (Å²) < 4.78 is 20.6. The molecule has 1 aromatic heterocycles. The molecule has 3 atom stereocenters. The van der Waals surface area contributed by atoms with Crippen LogP contribution >= 0.6 is 11.3 Å². The van der Waals surface area contributed by atoms with Crippen molar-refractivity contribution < 1.29 is 35.4 Å². The first-order chi connectivity index (χ1) is 12.9. The molecule has 2 fully saturated rings. The lowest BCUT2D eigenvalue weighted by molar-refractivity contribution is -0.931. The summed E-state index contributed by atoms with van der Waals surface area (Å²) in [5, 5.41) is 2.75. The average molecular weight is 469 g/mol. The van der Waals surface area contributed by atoms with Crippen LogP contribution in [0.4, 0.5) is 14.2 Å². The lowest BCUT2D eigenvalue weighted by Crippen LogP contribution is -3.00. The molecule has 4 nitrogen and oxygen atoms in total. The maximum Gasteiger partial charge on any atom is 0.415 e. The van der Waals surface area contributed by atoms with Gasteiger partial charge in [-0.15, -0.1) is 11.3 Å². The third-order valence-electron chi connectivity index (χ3n) is 6.28. The van der Waals surface area contributed by atoms with E-state index < -0.39 is 0 Å². The second kappa shape index (κ2) is 8.51. The largest absolute Gasteiger partial charge is 1.00 e. The highest BCUT2D eigenvalue weighted by Gasteiger charge is 2.50. The number of halogens is 2. The average Bonchev–Trinajstić information content (AvgIpc) is 3.16. The van der Waals surface area contributed by atoms with Gasteiger partial charge >= 0.3 is 6.09 Å². The number of fused-ring (bicyclic) bond motifs is 2. The number of benzene rings is 1. The first-order valence-corrected chi connectivity index (χ1v) is 10.4. The van der Waals surface area contributed by atoms with E-state index in [1.807, 2.05) is 23.6 Å². The van der Waals surface area contributed by atoms with Gasteiger partial charge in [0.25, 0.3) is 0 Å². The monoisotopic (exact) mass is 468 g/mol. The summed E-state index contributed by atoms with van der Waals surface area (Å²) in [6.07, 6.45) is 3.91. The molecule has 28 heavy (non-hydrogen) atoms. The first kappa shape index (κ1) is 21.3. The van der Waals surface area contributed by atoms with Crippen molar-refractivity contribution in [1.82, 2.24) is 0 Å². The number of quaternary nitrogens is 1. The van der Waals surface area contributed by atoms with Crippen LogP contribution in [0.3, 0.4) is 0 Å². The van der Waals surface area contributed by atoms with E-state index in [1.165, 1.54) is 36.3 Å². The van der Waals surface area contributed by atoms with Crippen molar-refractivity contribution in [1.29, 1.82) is 0 Å². The number of hydrogen-bond acceptors (Lipinski definition) is 3. The Morgan fingerprint density at radius 1 is 1.21 bits per heavy atom. The Hall–Kier alpha value is -1.44. The van der Waals surface area contributed by atoms with Gasteiger partial charge < -0.3 is 26.2 Å². The molecule has 7 heteroatoms. The maximum atomic E-state index is 13.6. The Bertz CT molecular complexity index is 798. The Kier molecular flexibility index (Phi) is 6.47. The van der Waals surface area contributed by atoms with Crippen LogP contribution in [-0.4, -0.2) is 42.9 Å². The van der Waals surface area contributed by atoms with Crippen LogP contribution in [0.15, 0.2) is 41.8 Å². The molecule has 2 aliphatic heterocycles. The molecule has 2 aliphatic rings. The van der Waals surface area contributed by atoms with Crippen LogP contribution < -0.4 is 21.9 Å². The van der Waals surface area contributed by atoms with Gasteiger partial charge in [-0.25, -0.2) is 9.18 Å². The van der Waals surface area contributed by atoms with Gasteiger partial charge in [0, 0.05) is 25.7 Å². The second-order valence-electron chi connectivity index (χ2n) is 8.16. The van der Waals surface area contributed by atoms with E-state index in [1.54, 1.807) is 11.0 Å². The molecule has 2 bridgehead atoms. The zero-order chi connectivity index (χ0) is 19.0. The van der Waals surface area contributed by atoms with Gasteiger partial charge in [0.1, 0.15) is 16.9 Å². The minimum Gasteiger partial charge on any atom is -1.00 e. The maximum absolute atomic E-state index is 13.6. The lowest BCUT2D eigenvalue weighted by atomic mass is 9.98. The number of nitrogens with zero attached hydrogens (tertiary/aromatic N) is 2. The Labute approximate surface area is 180 Å². The van der Waals surface area contributed by atoms with Gasteiger partial charge in [-0.3, -0.25) is 4.90 Å². The predicted molar refractivity (Wildman–Crippen MR) is 105 cm³/mol. The number of ether oxygens (including phenoxy) is 1. The molecule has 3 heterocycles. The SMILES string of the molecule is C[N+]1(C)[C@@H]2CC[C@H]1CC(OC(=O)N(Cc1cccc(F)c1)c1cccs1)C2.[Br-]. The van der Waals surface area contributed by atoms with E-state index in [-0.39, 0.29) is 35.0 Å². The van der Waals surface area contributed by atoms with Crippen molar-refractivity contribution in [2.45, 2.75) is 50.4 Å². The molecule has 4 rings (SSSR count). The molecule has 1 aromatic carbocycles. The smallest absolute Gasteiger partial charge is 0.415 e. The zero-order valence-electron chi connectivity index (χ0n) is 16.2. The van der Waals surface area contributed by atoms with E-state index in [2.05, 4.69) is 14.1 Å². The Balaban J connectivity index is 0.00000225. The number of rotatable bonds is 4. The van der Waals surface area contributed by atoms with Gasteiger partial charge in [0.2, 0.25) is 0 Å². The van der Waals surface area contributed by atoms with Crippen LogP contribution in [0.2, 0.25) is 0 Å². The predicted octanol–water partition coefficient (Wildman–Crippen LogP) is 1.80. The standard InChI is InChI=1S/C21H26FN2O2S.BrH/c1-24(2)17-8-9-18(24)13-19(12-17)26-21(25)23(20-7-4-10-27-20)14-15-5-3-6-16(22)11-15;/h3-7,10-11,17-19H,8-9,12-14H2,1-2H3;1H/q+1;/p-1/t17-,18+,19?;. The highest BCUT2D eigenvalue weighted by molar-refractivity contribution is 7.14. The molecule has 1 unspecified atom stereocenters. The van der Waals surface area contributed by atoms with Crippen LogP contribution in [0, 0.1) is 5.82 Å². The van der Waals surface area contributed by atoms with Crippen LogP contribution in [0.5, 0.6) is 0 Å². The van der Waals surface area contributed by atoms with Crippen molar-refractivity contribution in [2.24, 2.45) is 0 Å². The fourth-order valence-corrected chi connectivity index (χ4v) is 5.33. The van der Waals surface area contributed by atoms with Gasteiger partial charge in [-0.05, 0) is 35.2 Å². The molecule has 0 N–H and O–H groups in total. The number of hydrogen-bond donors (Lipinski definition) is 0. The molecule has 0 saturated carbocycles. The van der Waals surface area contributed by atoms with Gasteiger partial charge in [0.05, 0.1) is 32.7 Å². The summed E-state index contributed by atoms with van der Waals surface area (Å²) in [6, 6.07) is 11.3. The van der Waals surface area contributed by atoms with E-state index >= 15 is 0 Å². The molecule has 0 aliphatic carbocycles. The summed E-state index contributed by atoms with van der Waals surface area (Å²) in [6.45, 7) is 0.304. The highest BCUT2D eigenvalue weighted by Crippen LogP contribution is 2.40. The molecule has 0 spiro atoms. The van der Waals surface area contributed by atoms with E-state index in [0.29, 0.717) is 18.6 Å². The molecule has 2 aromatic rings. The number of anilines is 1. The summed E-state index contributed by atoms with van der Waals surface area (Å²) >= 11 is 1.49. The fraction of sp³-hybridized carbons (Fsp3) is 0.476. The number of amides is 1. The van der Waals surface area contributed by atoms with Crippen molar-refractivity contribution in [3.05, 3.63) is 53.2 Å². The van der Waals surface area contributed by atoms with Crippen molar-refractivity contribution in [3.63, 3.8) is 0 Å². The fourth-order valence-electron chi connectivity index (χ4n) is 4.61. The number of piperidine rings is 1. The van der Waals surface area contributed by atoms with Gasteiger partial charge in [-0.2, -0.15) is 0 Å². The number of carbonyl (C=O) groups is 1. The Morgan fingerprint density at radius 2 is 1.93 bits per heavy atom. The normalized spacial score (nSPS) is 25.0. The summed E-state index contributed by atoms with van der Waals surface area (Å²) in [5.74, 6) is -0.296. The molecular weight excluding hydrogens is 443 g/mol. The van der Waals surface area contributed by atoms with Crippen molar-refractivity contribution in [3.8, 4) is 0 Å². The second-order valence-corrected chi connectivity index (χ2v) is 9.08. The number of carbonyl (C=O) groups excluding carboxylic acids is 1. The molecule has 2 saturated heterocycles. The first-order valence-electron chi connectivity index (χ1n) is 9.53. The van der Waals surface area contributed by atoms with Crippen molar-refractivity contribution in [2.75, 3.05) is 19.0 Å². The summed E-state index contributed by atoms with van der Waals surface area (Å²) in [4.78, 5) is 14.6. The van der Waals surface area contributed by atoms with Gasteiger partial charge in [-0.1, -0.05) is 12.1 Å². The lowest BCUT2D eigenvalue weighted by Gasteiger charge is -2.44. The topological polar surface area (TPSA) is 29.5 Å². The van der Waals surface area contributed by atoms with Gasteiger partial charge in [0.15, 0.2) is 0 Å². The minimum atomic E-state index is -0.335. The minimum absolute atomic E-state index is 0. The number of thiophene rings is 1. The summed E-state index contributed by atoms with van der Waals surface area (Å²) in [7, 11) is 4.59. The summed E-state index contributed by atoms with van der Waals surface area (Å²) in [5.41, 5.74) is 0.752. The van der Waals surface area contributed by atoms with Crippen molar-refractivity contribution >= 4 is 22.4 Å². The third-order valence-corrected chi connectivity index (χ3v) is 7.17. The molecule has 1 amide bonds. The van der Waals surface area contributed by atoms with E-state index in [4.69, 9.17) is 4.74 Å². The molecule has 152 valence electrons. The van der Waals surface area contributed by atoms with E-state index in [0.717, 1.165) is 27.9 Å². The quantitative estimate of drug-likeness (QED) is 0.640. The third kappa shape index (κ3) is 4.26. The van der Waals surface area contributed by atoms with Crippen LogP contribution in [0.25, 0.3) is 0 Å². The van der Waals surface area contributed by atoms with Crippen LogP contribution in [0.1, 0.15) is 31.2 Å².